The molecule has 0 aromatic carbocycles. The maximum atomic E-state index is 2.32. The molecular formula is C11H22. The lowest BCUT2D eigenvalue weighted by atomic mass is 9.74. The first-order valence-corrected chi connectivity index (χ1v) is 4.44. The fraction of sp³-hybridized carbons (Fsp3) is 0.818. The van der Waals surface area contributed by atoms with Crippen LogP contribution in [-0.4, -0.2) is 0 Å². The second-order valence-corrected chi connectivity index (χ2v) is 4.50. The highest BCUT2D eigenvalue weighted by molar-refractivity contribution is 5.15. The van der Waals surface area contributed by atoms with E-state index < -0.39 is 0 Å². The zero-order valence-corrected chi connectivity index (χ0v) is 9.08. The van der Waals surface area contributed by atoms with Crippen molar-refractivity contribution in [1.29, 1.82) is 0 Å². The molecular weight excluding hydrogens is 132 g/mol. The van der Waals surface area contributed by atoms with Crippen molar-refractivity contribution in [3.63, 3.8) is 0 Å². The van der Waals surface area contributed by atoms with Crippen molar-refractivity contribution in [2.45, 2.75) is 48.5 Å². The van der Waals surface area contributed by atoms with Gasteiger partial charge in [-0.1, -0.05) is 38.8 Å². The van der Waals surface area contributed by atoms with Gasteiger partial charge in [-0.25, -0.2) is 0 Å². The molecule has 0 atom stereocenters. The van der Waals surface area contributed by atoms with Crippen LogP contribution in [-0.2, 0) is 0 Å². The van der Waals surface area contributed by atoms with E-state index >= 15 is 0 Å². The van der Waals surface area contributed by atoms with Crippen molar-refractivity contribution in [3.8, 4) is 0 Å². The molecule has 0 saturated heterocycles. The van der Waals surface area contributed by atoms with Gasteiger partial charge in [-0.05, 0) is 32.1 Å². The van der Waals surface area contributed by atoms with E-state index in [-0.39, 0.29) is 0 Å². The Labute approximate surface area is 71.7 Å². The Morgan fingerprint density at radius 2 is 1.36 bits per heavy atom. The van der Waals surface area contributed by atoms with Gasteiger partial charge in [-0.2, -0.15) is 0 Å². The van der Waals surface area contributed by atoms with Gasteiger partial charge in [-0.3, -0.25) is 0 Å². The fourth-order valence-corrected chi connectivity index (χ4v) is 1.08. The van der Waals surface area contributed by atoms with E-state index in [1.807, 2.05) is 0 Å². The predicted octanol–water partition coefficient (Wildman–Crippen LogP) is 4.02. The molecule has 0 fully saturated rings. The SMILES string of the molecule is CC(C)=C(C)C(C)(C)C(C)C. The van der Waals surface area contributed by atoms with Crippen LogP contribution in [0, 0.1) is 11.3 Å². The monoisotopic (exact) mass is 154 g/mol. The van der Waals surface area contributed by atoms with Crippen LogP contribution in [0.5, 0.6) is 0 Å². The van der Waals surface area contributed by atoms with Crippen LogP contribution >= 0.6 is 0 Å². The fourth-order valence-electron chi connectivity index (χ4n) is 1.08. The molecule has 0 radical (unpaired) electrons. The van der Waals surface area contributed by atoms with Crippen molar-refractivity contribution in [2.24, 2.45) is 11.3 Å². The molecule has 0 rings (SSSR count). The summed E-state index contributed by atoms with van der Waals surface area (Å²) >= 11 is 0. The average Bonchev–Trinajstić information content (AvgIpc) is 1.85. The molecule has 11 heavy (non-hydrogen) atoms. The molecule has 0 heterocycles. The molecule has 0 saturated carbocycles. The molecule has 0 unspecified atom stereocenters. The zero-order chi connectivity index (χ0) is 9.23. The molecule has 0 heteroatoms. The Kier molecular flexibility index (Phi) is 3.34. The Hall–Kier alpha value is -0.260. The standard InChI is InChI=1S/C11H22/c1-8(2)10(5)11(6,7)9(3)4/h9H,1-7H3. The quantitative estimate of drug-likeness (QED) is 0.527. The number of rotatable bonds is 2. The largest absolute Gasteiger partial charge is 0.0770 e. The molecule has 0 aliphatic heterocycles. The summed E-state index contributed by atoms with van der Waals surface area (Å²) in [5.41, 5.74) is 3.36. The third-order valence-corrected chi connectivity index (χ3v) is 3.16. The topological polar surface area (TPSA) is 0 Å². The average molecular weight is 154 g/mol. The van der Waals surface area contributed by atoms with Crippen LogP contribution in [0.1, 0.15) is 48.5 Å². The number of hydrogen-bond acceptors (Lipinski definition) is 0. The maximum absolute atomic E-state index is 2.32. The van der Waals surface area contributed by atoms with Gasteiger partial charge in [0.1, 0.15) is 0 Å². The first-order chi connectivity index (χ1) is 4.80. The molecule has 0 aliphatic carbocycles. The van der Waals surface area contributed by atoms with E-state index in [0.717, 1.165) is 5.92 Å². The van der Waals surface area contributed by atoms with Gasteiger partial charge in [0.05, 0.1) is 0 Å². The van der Waals surface area contributed by atoms with E-state index in [1.54, 1.807) is 0 Å². The summed E-state index contributed by atoms with van der Waals surface area (Å²) in [6.45, 7) is 15.8. The van der Waals surface area contributed by atoms with E-state index in [1.165, 1.54) is 11.1 Å². The van der Waals surface area contributed by atoms with E-state index in [9.17, 15) is 0 Å². The van der Waals surface area contributed by atoms with Crippen molar-refractivity contribution in [1.82, 2.24) is 0 Å². The molecule has 0 nitrogen and oxygen atoms in total. The minimum atomic E-state index is 0.360. The molecule has 0 aromatic heterocycles. The smallest absolute Gasteiger partial charge is 0.0122 e. The molecule has 0 aliphatic rings. The minimum Gasteiger partial charge on any atom is -0.0770 e. The molecule has 0 amide bonds. The second kappa shape index (κ2) is 3.42. The summed E-state index contributed by atoms with van der Waals surface area (Å²) in [5, 5.41) is 0. The van der Waals surface area contributed by atoms with Crippen molar-refractivity contribution in [2.75, 3.05) is 0 Å². The van der Waals surface area contributed by atoms with E-state index in [4.69, 9.17) is 0 Å². The van der Waals surface area contributed by atoms with Crippen LogP contribution in [0.4, 0.5) is 0 Å². The molecule has 0 aromatic rings. The Morgan fingerprint density at radius 3 is 1.45 bits per heavy atom. The highest BCUT2D eigenvalue weighted by Gasteiger charge is 2.24. The van der Waals surface area contributed by atoms with Gasteiger partial charge in [0.15, 0.2) is 0 Å². The maximum Gasteiger partial charge on any atom is -0.0122 e. The van der Waals surface area contributed by atoms with Gasteiger partial charge < -0.3 is 0 Å². The third-order valence-electron chi connectivity index (χ3n) is 3.16. The van der Waals surface area contributed by atoms with Crippen molar-refractivity contribution in [3.05, 3.63) is 11.1 Å². The number of allylic oxidation sites excluding steroid dienone is 2. The Balaban J connectivity index is 4.70. The van der Waals surface area contributed by atoms with Crippen molar-refractivity contribution >= 4 is 0 Å². The van der Waals surface area contributed by atoms with Gasteiger partial charge >= 0.3 is 0 Å². The Morgan fingerprint density at radius 1 is 1.00 bits per heavy atom. The lowest BCUT2D eigenvalue weighted by molar-refractivity contribution is 0.307. The van der Waals surface area contributed by atoms with Crippen LogP contribution < -0.4 is 0 Å². The van der Waals surface area contributed by atoms with E-state index in [0.29, 0.717) is 5.41 Å². The number of hydrogen-bond donors (Lipinski definition) is 0. The van der Waals surface area contributed by atoms with Crippen LogP contribution in [0.25, 0.3) is 0 Å². The summed E-state index contributed by atoms with van der Waals surface area (Å²) in [4.78, 5) is 0. The van der Waals surface area contributed by atoms with Gasteiger partial charge in [0.2, 0.25) is 0 Å². The first kappa shape index (κ1) is 10.7. The van der Waals surface area contributed by atoms with Crippen LogP contribution in [0.15, 0.2) is 11.1 Å². The minimum absolute atomic E-state index is 0.360. The van der Waals surface area contributed by atoms with Gasteiger partial charge in [-0.15, -0.1) is 0 Å². The van der Waals surface area contributed by atoms with E-state index in [2.05, 4.69) is 48.5 Å². The van der Waals surface area contributed by atoms with Gasteiger partial charge in [0, 0.05) is 0 Å². The first-order valence-electron chi connectivity index (χ1n) is 4.44. The molecule has 0 bridgehead atoms. The summed E-state index contributed by atoms with van der Waals surface area (Å²) in [5.74, 6) is 0.720. The lowest BCUT2D eigenvalue weighted by Crippen LogP contribution is -2.21. The van der Waals surface area contributed by atoms with Crippen LogP contribution in [0.3, 0.4) is 0 Å². The van der Waals surface area contributed by atoms with Crippen molar-refractivity contribution < 1.29 is 0 Å². The summed E-state index contributed by atoms with van der Waals surface area (Å²) < 4.78 is 0. The Bertz CT molecular complexity index is 155. The van der Waals surface area contributed by atoms with Gasteiger partial charge in [0.25, 0.3) is 0 Å². The summed E-state index contributed by atoms with van der Waals surface area (Å²) in [7, 11) is 0. The highest BCUT2D eigenvalue weighted by Crippen LogP contribution is 2.35. The van der Waals surface area contributed by atoms with Crippen LogP contribution in [0.2, 0.25) is 0 Å². The third kappa shape index (κ3) is 2.36. The lowest BCUT2D eigenvalue weighted by Gasteiger charge is -2.31. The highest BCUT2D eigenvalue weighted by atomic mass is 14.3. The second-order valence-electron chi connectivity index (χ2n) is 4.50. The molecule has 0 N–H and O–H groups in total. The summed E-state index contributed by atoms with van der Waals surface area (Å²) in [6.07, 6.45) is 0. The normalized spacial score (nSPS) is 12.0. The zero-order valence-electron chi connectivity index (χ0n) is 9.08. The molecule has 0 spiro atoms. The summed E-state index contributed by atoms with van der Waals surface area (Å²) in [6, 6.07) is 0. The predicted molar refractivity (Wildman–Crippen MR) is 52.7 cm³/mol. The molecule has 66 valence electrons.